The summed E-state index contributed by atoms with van der Waals surface area (Å²) >= 11 is 0. The molecule has 1 fully saturated rings. The molecule has 1 aliphatic rings. The molecule has 1 saturated heterocycles. The number of ether oxygens (including phenoxy) is 2. The monoisotopic (exact) mass is 477 g/mol. The van der Waals surface area contributed by atoms with Crippen LogP contribution >= 0.6 is 0 Å². The van der Waals surface area contributed by atoms with Gasteiger partial charge in [0.25, 0.3) is 0 Å². The summed E-state index contributed by atoms with van der Waals surface area (Å²) in [5.74, 6) is 0.423. The summed E-state index contributed by atoms with van der Waals surface area (Å²) in [6.07, 6.45) is 30.6. The van der Waals surface area contributed by atoms with Gasteiger partial charge in [-0.1, -0.05) is 77.2 Å². The van der Waals surface area contributed by atoms with E-state index in [9.17, 15) is 0 Å². The number of rotatable bonds is 21. The largest absolute Gasteiger partial charge is 0.350 e. The molecule has 0 aliphatic carbocycles. The fourth-order valence-corrected chi connectivity index (χ4v) is 4.67. The van der Waals surface area contributed by atoms with Crippen LogP contribution < -0.4 is 0 Å². The van der Waals surface area contributed by atoms with E-state index in [0.717, 1.165) is 44.8 Å². The first-order chi connectivity index (χ1) is 16.5. The first-order valence-electron chi connectivity index (χ1n) is 14.7. The van der Waals surface area contributed by atoms with Crippen molar-refractivity contribution in [3.05, 3.63) is 24.3 Å². The number of nitrogens with zero attached hydrogens (tertiary/aromatic N) is 1. The Balaban J connectivity index is 2.37. The summed E-state index contributed by atoms with van der Waals surface area (Å²) < 4.78 is 13.1. The Labute approximate surface area is 213 Å². The normalized spacial score (nSPS) is 21.6. The minimum absolute atomic E-state index is 0.332. The van der Waals surface area contributed by atoms with Crippen molar-refractivity contribution in [1.29, 1.82) is 0 Å². The molecule has 1 rings (SSSR count). The zero-order valence-corrected chi connectivity index (χ0v) is 23.7. The van der Waals surface area contributed by atoms with Gasteiger partial charge < -0.3 is 14.4 Å². The quantitative estimate of drug-likeness (QED) is 0.121. The van der Waals surface area contributed by atoms with Crippen LogP contribution in [-0.2, 0) is 9.47 Å². The molecule has 0 amide bonds. The van der Waals surface area contributed by atoms with E-state index < -0.39 is 0 Å². The van der Waals surface area contributed by atoms with Crippen molar-refractivity contribution in [3.63, 3.8) is 0 Å². The fourth-order valence-electron chi connectivity index (χ4n) is 4.67. The van der Waals surface area contributed by atoms with Crippen molar-refractivity contribution < 1.29 is 9.47 Å². The van der Waals surface area contributed by atoms with Gasteiger partial charge in [0.05, 0.1) is 12.7 Å². The van der Waals surface area contributed by atoms with Crippen molar-refractivity contribution in [2.45, 2.75) is 142 Å². The molecule has 0 saturated carbocycles. The standard InChI is InChI=1S/C31H59NO2/c1-6-7-8-9-10-11-12-13-14-17-20-25-31(26-21-18-15-16-19-22-29(2)3)33-28-24-30(34-31)23-27-32(4)5/h8-9,16,19,29-30H,6-7,10-15,17-18,20-28H2,1-5H3/b9-8-,19-16-. The maximum atomic E-state index is 6.70. The molecule has 0 radical (unpaired) electrons. The molecular weight excluding hydrogens is 418 g/mol. The third-order valence-corrected chi connectivity index (χ3v) is 6.84. The summed E-state index contributed by atoms with van der Waals surface area (Å²) in [5, 5.41) is 0. The van der Waals surface area contributed by atoms with E-state index in [2.05, 4.69) is 64.1 Å². The number of hydrogen-bond donors (Lipinski definition) is 0. The average molecular weight is 478 g/mol. The van der Waals surface area contributed by atoms with Crippen LogP contribution in [0.15, 0.2) is 24.3 Å². The highest BCUT2D eigenvalue weighted by molar-refractivity contribution is 4.84. The van der Waals surface area contributed by atoms with Gasteiger partial charge in [0.1, 0.15) is 0 Å². The lowest BCUT2D eigenvalue weighted by molar-refractivity contribution is -0.301. The van der Waals surface area contributed by atoms with Gasteiger partial charge in [-0.25, -0.2) is 0 Å². The second-order valence-electron chi connectivity index (χ2n) is 11.1. The summed E-state index contributed by atoms with van der Waals surface area (Å²) in [6, 6.07) is 0. The molecule has 2 unspecified atom stereocenters. The highest BCUT2D eigenvalue weighted by Crippen LogP contribution is 2.34. The van der Waals surface area contributed by atoms with Gasteiger partial charge in [-0.3, -0.25) is 0 Å². The molecule has 0 aromatic heterocycles. The molecule has 1 heterocycles. The predicted octanol–water partition coefficient (Wildman–Crippen LogP) is 9.08. The van der Waals surface area contributed by atoms with Crippen LogP contribution in [0.2, 0.25) is 0 Å². The van der Waals surface area contributed by atoms with Crippen molar-refractivity contribution >= 4 is 0 Å². The zero-order chi connectivity index (χ0) is 24.9. The van der Waals surface area contributed by atoms with Crippen molar-refractivity contribution in [1.82, 2.24) is 4.90 Å². The Hall–Kier alpha value is -0.640. The average Bonchev–Trinajstić information content (AvgIpc) is 2.81. The molecule has 0 bridgehead atoms. The second kappa shape index (κ2) is 20.5. The van der Waals surface area contributed by atoms with E-state index in [1.807, 2.05) is 0 Å². The third-order valence-electron chi connectivity index (χ3n) is 6.84. The molecule has 0 aromatic rings. The van der Waals surface area contributed by atoms with Crippen LogP contribution in [0, 0.1) is 5.92 Å². The molecule has 200 valence electrons. The van der Waals surface area contributed by atoms with Crippen molar-refractivity contribution in [2.75, 3.05) is 27.2 Å². The Morgan fingerprint density at radius 1 is 0.824 bits per heavy atom. The van der Waals surface area contributed by atoms with Crippen LogP contribution in [0.4, 0.5) is 0 Å². The summed E-state index contributed by atoms with van der Waals surface area (Å²) in [4.78, 5) is 2.27. The van der Waals surface area contributed by atoms with Gasteiger partial charge in [-0.15, -0.1) is 0 Å². The van der Waals surface area contributed by atoms with Crippen LogP contribution in [0.5, 0.6) is 0 Å². The topological polar surface area (TPSA) is 21.7 Å². The molecule has 0 aromatic carbocycles. The predicted molar refractivity (Wildman–Crippen MR) is 149 cm³/mol. The summed E-state index contributed by atoms with van der Waals surface area (Å²) in [7, 11) is 4.31. The third kappa shape index (κ3) is 16.9. The number of hydrogen-bond acceptors (Lipinski definition) is 3. The number of unbranched alkanes of at least 4 members (excludes halogenated alkanes) is 9. The van der Waals surface area contributed by atoms with Gasteiger partial charge in [-0.05, 0) is 90.8 Å². The molecule has 34 heavy (non-hydrogen) atoms. The Kier molecular flexibility index (Phi) is 19.0. The van der Waals surface area contributed by atoms with E-state index in [1.54, 1.807) is 0 Å². The molecule has 2 atom stereocenters. The minimum Gasteiger partial charge on any atom is -0.350 e. The fraction of sp³-hybridized carbons (Fsp3) is 0.871. The SMILES string of the molecule is CCC/C=C\CCCCCCCCC1(CCCC/C=C\CC(C)C)OCCC(CCN(C)C)O1. The highest BCUT2D eigenvalue weighted by Gasteiger charge is 2.37. The Morgan fingerprint density at radius 2 is 1.41 bits per heavy atom. The van der Waals surface area contributed by atoms with Crippen LogP contribution in [0.1, 0.15) is 130 Å². The first kappa shape index (κ1) is 31.4. The maximum absolute atomic E-state index is 6.70. The zero-order valence-electron chi connectivity index (χ0n) is 23.7. The lowest BCUT2D eigenvalue weighted by Crippen LogP contribution is -2.45. The van der Waals surface area contributed by atoms with Gasteiger partial charge in [-0.2, -0.15) is 0 Å². The van der Waals surface area contributed by atoms with Gasteiger partial charge >= 0.3 is 0 Å². The van der Waals surface area contributed by atoms with Crippen LogP contribution in [0.25, 0.3) is 0 Å². The second-order valence-corrected chi connectivity index (χ2v) is 11.1. The minimum atomic E-state index is -0.332. The van der Waals surface area contributed by atoms with Crippen molar-refractivity contribution in [3.8, 4) is 0 Å². The molecule has 1 aliphatic heterocycles. The van der Waals surface area contributed by atoms with Crippen LogP contribution in [-0.4, -0.2) is 44.0 Å². The smallest absolute Gasteiger partial charge is 0.168 e. The maximum Gasteiger partial charge on any atom is 0.168 e. The van der Waals surface area contributed by atoms with Crippen LogP contribution in [0.3, 0.4) is 0 Å². The molecular formula is C31H59NO2. The summed E-state index contributed by atoms with van der Waals surface area (Å²) in [5.41, 5.74) is 0. The van der Waals surface area contributed by atoms with Gasteiger partial charge in [0, 0.05) is 12.8 Å². The lowest BCUT2D eigenvalue weighted by atomic mass is 9.97. The Bertz CT molecular complexity index is 514. The molecule has 0 N–H and O–H groups in total. The summed E-state index contributed by atoms with van der Waals surface area (Å²) in [6.45, 7) is 8.76. The first-order valence-corrected chi connectivity index (χ1v) is 14.7. The van der Waals surface area contributed by atoms with E-state index in [-0.39, 0.29) is 5.79 Å². The Morgan fingerprint density at radius 3 is 2.09 bits per heavy atom. The van der Waals surface area contributed by atoms with E-state index in [1.165, 1.54) is 83.5 Å². The van der Waals surface area contributed by atoms with Gasteiger partial charge in [0.15, 0.2) is 5.79 Å². The van der Waals surface area contributed by atoms with Gasteiger partial charge in [0.2, 0.25) is 0 Å². The van der Waals surface area contributed by atoms with E-state index in [0.29, 0.717) is 6.10 Å². The van der Waals surface area contributed by atoms with Crippen molar-refractivity contribution in [2.24, 2.45) is 5.92 Å². The lowest BCUT2D eigenvalue weighted by Gasteiger charge is -2.42. The molecule has 3 heteroatoms. The number of allylic oxidation sites excluding steroid dienone is 4. The van der Waals surface area contributed by atoms with E-state index >= 15 is 0 Å². The molecule has 3 nitrogen and oxygen atoms in total. The molecule has 0 spiro atoms. The van der Waals surface area contributed by atoms with E-state index in [4.69, 9.17) is 9.47 Å². The highest BCUT2D eigenvalue weighted by atomic mass is 16.7.